The van der Waals surface area contributed by atoms with E-state index in [-0.39, 0.29) is 11.9 Å². The highest BCUT2D eigenvalue weighted by Gasteiger charge is 2.21. The molecule has 2 fully saturated rings. The van der Waals surface area contributed by atoms with Crippen LogP contribution >= 0.6 is 0 Å². The molecule has 5 rings (SSSR count). The van der Waals surface area contributed by atoms with Crippen LogP contribution in [0.15, 0.2) is 41.0 Å². The fourth-order valence-corrected chi connectivity index (χ4v) is 5.26. The molecule has 0 amide bonds. The number of hydrogen-bond donors (Lipinski definition) is 1. The molecule has 3 aromatic rings. The SMILES string of the molecule is Cc1cc(N=S2(=O)CCC2)cc2ncnc(Nc3ccc(F)cc3O[C@H]3CCOC3)c12. The van der Waals surface area contributed by atoms with Gasteiger partial charge in [0.1, 0.15) is 29.8 Å². The highest BCUT2D eigenvalue weighted by molar-refractivity contribution is 7.95. The Hall–Kier alpha value is -2.78. The van der Waals surface area contributed by atoms with Gasteiger partial charge in [-0.1, -0.05) is 0 Å². The highest BCUT2D eigenvalue weighted by atomic mass is 32.2. The zero-order valence-electron chi connectivity index (χ0n) is 17.1. The van der Waals surface area contributed by atoms with Crippen molar-refractivity contribution in [3.63, 3.8) is 0 Å². The van der Waals surface area contributed by atoms with Gasteiger partial charge in [-0.15, -0.1) is 0 Å². The molecule has 0 saturated carbocycles. The number of rotatable bonds is 5. The van der Waals surface area contributed by atoms with Crippen LogP contribution in [0.1, 0.15) is 18.4 Å². The maximum Gasteiger partial charge on any atom is 0.146 e. The molecular formula is C22H23FN4O3S. The Labute approximate surface area is 180 Å². The van der Waals surface area contributed by atoms with Gasteiger partial charge in [-0.3, -0.25) is 0 Å². The molecule has 1 atom stereocenters. The Kier molecular flexibility index (Phi) is 5.23. The Morgan fingerprint density at radius 2 is 2.13 bits per heavy atom. The van der Waals surface area contributed by atoms with Crippen molar-refractivity contribution in [2.45, 2.75) is 25.9 Å². The van der Waals surface area contributed by atoms with E-state index in [1.54, 1.807) is 6.07 Å². The third kappa shape index (κ3) is 4.20. The Bertz CT molecular complexity index is 1260. The van der Waals surface area contributed by atoms with Crippen molar-refractivity contribution >= 4 is 37.8 Å². The van der Waals surface area contributed by atoms with Crippen LogP contribution in [0.2, 0.25) is 0 Å². The zero-order valence-corrected chi connectivity index (χ0v) is 18.0. The molecule has 1 aromatic heterocycles. The minimum atomic E-state index is -2.10. The second kappa shape index (κ2) is 8.05. The molecule has 2 aliphatic rings. The van der Waals surface area contributed by atoms with E-state index in [0.29, 0.717) is 53.2 Å². The summed E-state index contributed by atoms with van der Waals surface area (Å²) in [5.74, 6) is 1.92. The highest BCUT2D eigenvalue weighted by Crippen LogP contribution is 2.35. The van der Waals surface area contributed by atoms with Gasteiger partial charge in [0.2, 0.25) is 0 Å². The summed E-state index contributed by atoms with van der Waals surface area (Å²) in [6.07, 6.45) is 3.08. The van der Waals surface area contributed by atoms with Crippen LogP contribution in [0.3, 0.4) is 0 Å². The van der Waals surface area contributed by atoms with E-state index in [4.69, 9.17) is 9.47 Å². The summed E-state index contributed by atoms with van der Waals surface area (Å²) in [5.41, 5.74) is 2.90. The van der Waals surface area contributed by atoms with Crippen molar-refractivity contribution in [3.8, 4) is 5.75 Å². The molecule has 162 valence electrons. The van der Waals surface area contributed by atoms with Crippen LogP contribution in [0, 0.1) is 12.7 Å². The van der Waals surface area contributed by atoms with E-state index in [2.05, 4.69) is 19.6 Å². The first-order valence-electron chi connectivity index (χ1n) is 10.3. The molecule has 0 aliphatic carbocycles. The molecule has 2 aliphatic heterocycles. The van der Waals surface area contributed by atoms with Crippen molar-refractivity contribution in [1.29, 1.82) is 0 Å². The fourth-order valence-electron chi connectivity index (χ4n) is 3.81. The third-order valence-corrected chi connectivity index (χ3v) is 7.89. The predicted octanol–water partition coefficient (Wildman–Crippen LogP) is 4.49. The number of aromatic nitrogens is 2. The maximum absolute atomic E-state index is 13.9. The van der Waals surface area contributed by atoms with Crippen molar-refractivity contribution in [3.05, 3.63) is 48.0 Å². The molecule has 0 radical (unpaired) electrons. The number of ether oxygens (including phenoxy) is 2. The maximum atomic E-state index is 13.9. The number of nitrogens with zero attached hydrogens (tertiary/aromatic N) is 3. The van der Waals surface area contributed by atoms with Gasteiger partial charge >= 0.3 is 0 Å². The van der Waals surface area contributed by atoms with Crippen LogP contribution in [-0.2, 0) is 14.5 Å². The van der Waals surface area contributed by atoms with Gasteiger partial charge in [-0.2, -0.15) is 4.36 Å². The average Bonchev–Trinajstić information content (AvgIpc) is 3.22. The molecule has 31 heavy (non-hydrogen) atoms. The number of anilines is 2. The van der Waals surface area contributed by atoms with Gasteiger partial charge in [0.05, 0.1) is 39.8 Å². The lowest BCUT2D eigenvalue weighted by Crippen LogP contribution is -2.22. The lowest BCUT2D eigenvalue weighted by molar-refractivity contribution is 0.141. The lowest BCUT2D eigenvalue weighted by atomic mass is 10.1. The molecule has 0 spiro atoms. The third-order valence-electron chi connectivity index (χ3n) is 5.50. The largest absolute Gasteiger partial charge is 0.486 e. The minimum Gasteiger partial charge on any atom is -0.486 e. The molecular weight excluding hydrogens is 419 g/mol. The average molecular weight is 443 g/mol. The molecule has 1 N–H and O–H groups in total. The molecule has 0 unspecified atom stereocenters. The van der Waals surface area contributed by atoms with E-state index in [0.717, 1.165) is 23.8 Å². The van der Waals surface area contributed by atoms with Gasteiger partial charge in [0.15, 0.2) is 0 Å². The first-order chi connectivity index (χ1) is 15.0. The van der Waals surface area contributed by atoms with Crippen molar-refractivity contribution in [2.24, 2.45) is 4.36 Å². The number of benzene rings is 2. The first-order valence-corrected chi connectivity index (χ1v) is 12.1. The Morgan fingerprint density at radius 3 is 2.87 bits per heavy atom. The van der Waals surface area contributed by atoms with E-state index < -0.39 is 9.73 Å². The molecule has 2 aromatic carbocycles. The summed E-state index contributed by atoms with van der Waals surface area (Å²) in [7, 11) is -2.10. The van der Waals surface area contributed by atoms with Crippen LogP contribution in [0.5, 0.6) is 5.75 Å². The molecule has 0 bridgehead atoms. The van der Waals surface area contributed by atoms with Crippen LogP contribution in [0.25, 0.3) is 10.9 Å². The molecule has 9 heteroatoms. The van der Waals surface area contributed by atoms with Crippen LogP contribution < -0.4 is 10.1 Å². The first kappa shape index (κ1) is 20.1. The quantitative estimate of drug-likeness (QED) is 0.627. The zero-order chi connectivity index (χ0) is 21.4. The van der Waals surface area contributed by atoms with Crippen LogP contribution in [0.4, 0.5) is 21.6 Å². The number of hydrogen-bond acceptors (Lipinski definition) is 7. The second-order valence-electron chi connectivity index (χ2n) is 7.87. The van der Waals surface area contributed by atoms with Crippen LogP contribution in [-0.4, -0.2) is 45.0 Å². The summed E-state index contributed by atoms with van der Waals surface area (Å²) in [6.45, 7) is 3.07. The molecule has 2 saturated heterocycles. The Morgan fingerprint density at radius 1 is 1.26 bits per heavy atom. The smallest absolute Gasteiger partial charge is 0.146 e. The number of halogens is 1. The topological polar surface area (TPSA) is 85.7 Å². The number of aryl methyl sites for hydroxylation is 1. The van der Waals surface area contributed by atoms with Gasteiger partial charge in [0.25, 0.3) is 0 Å². The van der Waals surface area contributed by atoms with Gasteiger partial charge in [-0.25, -0.2) is 18.6 Å². The van der Waals surface area contributed by atoms with Crippen molar-refractivity contribution in [1.82, 2.24) is 9.97 Å². The molecule has 7 nitrogen and oxygen atoms in total. The van der Waals surface area contributed by atoms with E-state index in [1.807, 2.05) is 19.1 Å². The standard InChI is InChI=1S/C22H23FN4O3S/c1-14-9-16(27-31(28)7-2-8-31)11-19-21(14)22(25-13-24-19)26-18-4-3-15(23)10-20(18)30-17-5-6-29-12-17/h3-4,9-11,13,17H,2,5-8,12H2,1H3,(H,24,25,26)/t17-/m0/s1. The van der Waals surface area contributed by atoms with Crippen molar-refractivity contribution < 1.29 is 18.1 Å². The van der Waals surface area contributed by atoms with E-state index >= 15 is 0 Å². The summed E-state index contributed by atoms with van der Waals surface area (Å²) in [5, 5.41) is 4.10. The number of fused-ring (bicyclic) bond motifs is 1. The van der Waals surface area contributed by atoms with Gasteiger partial charge < -0.3 is 14.8 Å². The van der Waals surface area contributed by atoms with Gasteiger partial charge in [0, 0.05) is 29.4 Å². The second-order valence-corrected chi connectivity index (χ2v) is 10.4. The normalized spacial score (nSPS) is 19.7. The Balaban J connectivity index is 1.51. The monoisotopic (exact) mass is 442 g/mol. The summed E-state index contributed by atoms with van der Waals surface area (Å²) < 4.78 is 42.2. The summed E-state index contributed by atoms with van der Waals surface area (Å²) in [6, 6.07) is 8.11. The fraction of sp³-hybridized carbons (Fsp3) is 0.364. The summed E-state index contributed by atoms with van der Waals surface area (Å²) >= 11 is 0. The number of nitrogens with one attached hydrogen (secondary N) is 1. The van der Waals surface area contributed by atoms with Gasteiger partial charge in [-0.05, 0) is 43.2 Å². The minimum absolute atomic E-state index is 0.108. The van der Waals surface area contributed by atoms with E-state index in [1.165, 1.54) is 18.5 Å². The van der Waals surface area contributed by atoms with E-state index in [9.17, 15) is 8.60 Å². The predicted molar refractivity (Wildman–Crippen MR) is 118 cm³/mol. The lowest BCUT2D eigenvalue weighted by Gasteiger charge is -2.19. The summed E-state index contributed by atoms with van der Waals surface area (Å²) in [4.78, 5) is 8.79. The molecule has 3 heterocycles. The van der Waals surface area contributed by atoms with Crippen molar-refractivity contribution in [2.75, 3.05) is 30.0 Å².